The Hall–Kier alpha value is -1.03. The Morgan fingerprint density at radius 2 is 2.21 bits per heavy atom. The van der Waals surface area contributed by atoms with Crippen LogP contribution in [0.25, 0.3) is 0 Å². The van der Waals surface area contributed by atoms with E-state index in [1.54, 1.807) is 6.08 Å². The number of carbonyl (C=O) groups is 1. The number of aliphatic hydroxyl groups is 1. The number of allylic oxidation sites excluding steroid dienone is 1. The van der Waals surface area contributed by atoms with Gasteiger partial charge < -0.3 is 15.5 Å². The molecule has 1 amide bonds. The molecule has 0 saturated carbocycles. The molecule has 0 aromatic rings. The van der Waals surface area contributed by atoms with Crippen molar-refractivity contribution in [1.29, 1.82) is 0 Å². The molecule has 82 valence electrons. The van der Waals surface area contributed by atoms with Crippen molar-refractivity contribution in [3.05, 3.63) is 12.7 Å². The lowest BCUT2D eigenvalue weighted by Crippen LogP contribution is -2.46. The van der Waals surface area contributed by atoms with Crippen LogP contribution in [0.3, 0.4) is 0 Å². The summed E-state index contributed by atoms with van der Waals surface area (Å²) >= 11 is 0. The van der Waals surface area contributed by atoms with Crippen LogP contribution in [-0.4, -0.2) is 29.0 Å². The maximum absolute atomic E-state index is 10.4. The zero-order chi connectivity index (χ0) is 11.2. The second kappa shape index (κ2) is 5.65. The van der Waals surface area contributed by atoms with Crippen molar-refractivity contribution < 1.29 is 15.0 Å². The van der Waals surface area contributed by atoms with E-state index in [1.807, 2.05) is 13.8 Å². The molecule has 0 aromatic carbocycles. The molecule has 0 saturated heterocycles. The van der Waals surface area contributed by atoms with Crippen LogP contribution in [0.2, 0.25) is 0 Å². The Labute approximate surface area is 84.6 Å². The molecular weight excluding hydrogens is 182 g/mol. The van der Waals surface area contributed by atoms with Gasteiger partial charge >= 0.3 is 6.09 Å². The van der Waals surface area contributed by atoms with Crippen molar-refractivity contribution in [2.75, 3.05) is 6.61 Å². The lowest BCUT2D eigenvalue weighted by molar-refractivity contribution is 0.125. The molecule has 0 rings (SSSR count). The molecule has 4 heteroatoms. The number of hydrogen-bond acceptors (Lipinski definition) is 2. The second-order valence-corrected chi connectivity index (χ2v) is 4.00. The summed E-state index contributed by atoms with van der Waals surface area (Å²) < 4.78 is 0. The average Bonchev–Trinajstić information content (AvgIpc) is 2.10. The molecule has 0 heterocycles. The predicted octanol–water partition coefficient (Wildman–Crippen LogP) is 1.61. The fraction of sp³-hybridized carbons (Fsp3) is 0.700. The van der Waals surface area contributed by atoms with Crippen LogP contribution >= 0.6 is 0 Å². The minimum atomic E-state index is -1.10. The molecule has 4 nitrogen and oxygen atoms in total. The summed E-state index contributed by atoms with van der Waals surface area (Å²) in [7, 11) is 0. The Kier molecular flexibility index (Phi) is 5.23. The van der Waals surface area contributed by atoms with Crippen LogP contribution in [-0.2, 0) is 0 Å². The Morgan fingerprint density at radius 3 is 2.57 bits per heavy atom. The molecule has 0 aromatic heterocycles. The number of aliphatic hydroxyl groups excluding tert-OH is 1. The van der Waals surface area contributed by atoms with Gasteiger partial charge in [-0.05, 0) is 18.3 Å². The van der Waals surface area contributed by atoms with E-state index < -0.39 is 12.1 Å². The van der Waals surface area contributed by atoms with Crippen LogP contribution in [0.4, 0.5) is 4.79 Å². The lowest BCUT2D eigenvalue weighted by Gasteiger charge is -2.32. The maximum Gasteiger partial charge on any atom is 0.404 e. The van der Waals surface area contributed by atoms with Crippen molar-refractivity contribution in [1.82, 2.24) is 5.32 Å². The molecule has 0 spiro atoms. The largest absolute Gasteiger partial charge is 0.465 e. The molecule has 0 aliphatic heterocycles. The zero-order valence-corrected chi connectivity index (χ0v) is 8.79. The SMILES string of the molecule is C=CCCC(C)(C)C(CO)NC(=O)O. The molecule has 14 heavy (non-hydrogen) atoms. The van der Waals surface area contributed by atoms with Crippen LogP contribution in [0.5, 0.6) is 0 Å². The Balaban J connectivity index is 4.30. The molecule has 3 N–H and O–H groups in total. The average molecular weight is 201 g/mol. The Bertz CT molecular complexity index is 202. The summed E-state index contributed by atoms with van der Waals surface area (Å²) in [4.78, 5) is 10.4. The summed E-state index contributed by atoms with van der Waals surface area (Å²) in [6.45, 7) is 7.27. The maximum atomic E-state index is 10.4. The van der Waals surface area contributed by atoms with E-state index in [0.717, 1.165) is 12.8 Å². The first-order chi connectivity index (χ1) is 6.44. The zero-order valence-electron chi connectivity index (χ0n) is 8.79. The third-order valence-corrected chi connectivity index (χ3v) is 2.42. The highest BCUT2D eigenvalue weighted by Crippen LogP contribution is 2.26. The highest BCUT2D eigenvalue weighted by Gasteiger charge is 2.29. The quantitative estimate of drug-likeness (QED) is 0.572. The van der Waals surface area contributed by atoms with E-state index in [4.69, 9.17) is 10.2 Å². The van der Waals surface area contributed by atoms with Crippen LogP contribution < -0.4 is 5.32 Å². The summed E-state index contributed by atoms with van der Waals surface area (Å²) in [5.41, 5.74) is -0.263. The fourth-order valence-corrected chi connectivity index (χ4v) is 1.29. The number of rotatable bonds is 6. The van der Waals surface area contributed by atoms with Gasteiger partial charge in [-0.25, -0.2) is 4.79 Å². The van der Waals surface area contributed by atoms with Crippen molar-refractivity contribution in [2.24, 2.45) is 5.41 Å². The van der Waals surface area contributed by atoms with Crippen LogP contribution in [0, 0.1) is 5.41 Å². The number of carboxylic acid groups (broad SMARTS) is 1. The first-order valence-electron chi connectivity index (χ1n) is 4.65. The van der Waals surface area contributed by atoms with Gasteiger partial charge in [-0.2, -0.15) is 0 Å². The summed E-state index contributed by atoms with van der Waals surface area (Å²) in [6.07, 6.45) is 2.29. The standard InChI is InChI=1S/C10H19NO3/c1-4-5-6-10(2,3)8(7-12)11-9(13)14/h4,8,11-12H,1,5-7H2,2-3H3,(H,13,14). The molecule has 0 bridgehead atoms. The minimum absolute atomic E-state index is 0.184. The van der Waals surface area contributed by atoms with Gasteiger partial charge in [-0.3, -0.25) is 0 Å². The van der Waals surface area contributed by atoms with Gasteiger partial charge in [-0.1, -0.05) is 19.9 Å². The second-order valence-electron chi connectivity index (χ2n) is 4.00. The first kappa shape index (κ1) is 13.0. The van der Waals surface area contributed by atoms with E-state index in [1.165, 1.54) is 0 Å². The molecule has 0 radical (unpaired) electrons. The van der Waals surface area contributed by atoms with E-state index in [0.29, 0.717) is 0 Å². The molecule has 1 unspecified atom stereocenters. The van der Waals surface area contributed by atoms with Crippen molar-refractivity contribution in [3.63, 3.8) is 0 Å². The lowest BCUT2D eigenvalue weighted by atomic mass is 9.80. The molecular formula is C10H19NO3. The predicted molar refractivity (Wildman–Crippen MR) is 55.2 cm³/mol. The summed E-state index contributed by atoms with van der Waals surface area (Å²) in [5, 5.41) is 19.9. The van der Waals surface area contributed by atoms with E-state index in [9.17, 15) is 4.79 Å². The highest BCUT2D eigenvalue weighted by molar-refractivity contribution is 5.65. The van der Waals surface area contributed by atoms with Crippen LogP contribution in [0.1, 0.15) is 26.7 Å². The number of amides is 1. The van der Waals surface area contributed by atoms with Crippen molar-refractivity contribution in [2.45, 2.75) is 32.7 Å². The fourth-order valence-electron chi connectivity index (χ4n) is 1.29. The van der Waals surface area contributed by atoms with Gasteiger partial charge in [0, 0.05) is 0 Å². The van der Waals surface area contributed by atoms with Gasteiger partial charge in [0.25, 0.3) is 0 Å². The van der Waals surface area contributed by atoms with Gasteiger partial charge in [0.05, 0.1) is 12.6 Å². The van der Waals surface area contributed by atoms with Gasteiger partial charge in [0.2, 0.25) is 0 Å². The Morgan fingerprint density at radius 1 is 1.64 bits per heavy atom. The molecule has 0 aliphatic rings. The first-order valence-corrected chi connectivity index (χ1v) is 4.65. The summed E-state index contributed by atoms with van der Waals surface area (Å²) in [5.74, 6) is 0. The number of hydrogen-bond donors (Lipinski definition) is 3. The van der Waals surface area contributed by atoms with E-state index in [2.05, 4.69) is 11.9 Å². The van der Waals surface area contributed by atoms with Gasteiger partial charge in [-0.15, -0.1) is 6.58 Å². The third kappa shape index (κ3) is 4.28. The van der Waals surface area contributed by atoms with Gasteiger partial charge in [0.1, 0.15) is 0 Å². The van der Waals surface area contributed by atoms with E-state index >= 15 is 0 Å². The molecule has 0 aliphatic carbocycles. The summed E-state index contributed by atoms with van der Waals surface area (Å²) in [6, 6.07) is -0.431. The topological polar surface area (TPSA) is 69.6 Å². The van der Waals surface area contributed by atoms with E-state index in [-0.39, 0.29) is 12.0 Å². The van der Waals surface area contributed by atoms with Crippen LogP contribution in [0.15, 0.2) is 12.7 Å². The number of nitrogens with one attached hydrogen (secondary N) is 1. The monoisotopic (exact) mass is 201 g/mol. The highest BCUT2D eigenvalue weighted by atomic mass is 16.4. The normalized spacial score (nSPS) is 13.4. The van der Waals surface area contributed by atoms with Gasteiger partial charge in [0.15, 0.2) is 0 Å². The van der Waals surface area contributed by atoms with Crippen molar-refractivity contribution in [3.8, 4) is 0 Å². The molecule has 0 fully saturated rings. The minimum Gasteiger partial charge on any atom is -0.465 e. The smallest absolute Gasteiger partial charge is 0.404 e. The third-order valence-electron chi connectivity index (χ3n) is 2.42. The molecule has 1 atom stereocenters. The van der Waals surface area contributed by atoms with Crippen molar-refractivity contribution >= 4 is 6.09 Å².